The van der Waals surface area contributed by atoms with E-state index in [1.807, 2.05) is 0 Å². The summed E-state index contributed by atoms with van der Waals surface area (Å²) >= 11 is 0. The molecule has 1 rings (SSSR count). The van der Waals surface area contributed by atoms with E-state index in [0.29, 0.717) is 0 Å². The molecule has 2 atom stereocenters. The van der Waals surface area contributed by atoms with Gasteiger partial charge in [0.05, 0.1) is 6.07 Å². The Hall–Kier alpha value is -0.590. The molecule has 0 spiro atoms. The molecule has 1 aliphatic rings. The molecular formula is C15H29N3. The number of nitriles is 1. The second kappa shape index (κ2) is 7.76. The molecule has 0 saturated carbocycles. The second-order valence-electron chi connectivity index (χ2n) is 5.61. The Labute approximate surface area is 113 Å². The Morgan fingerprint density at radius 1 is 1.44 bits per heavy atom. The Balaban J connectivity index is 2.35. The van der Waals surface area contributed by atoms with E-state index in [-0.39, 0.29) is 5.54 Å². The van der Waals surface area contributed by atoms with Crippen molar-refractivity contribution in [3.63, 3.8) is 0 Å². The van der Waals surface area contributed by atoms with Crippen molar-refractivity contribution in [2.24, 2.45) is 0 Å². The van der Waals surface area contributed by atoms with E-state index in [9.17, 15) is 5.26 Å². The summed E-state index contributed by atoms with van der Waals surface area (Å²) < 4.78 is 0. The molecule has 0 bridgehead atoms. The standard InChI is InChI=1S/C15H29N3/c1-4-10-17-15(5-2,13-16)9-7-12-18-11-6-8-14(18)3/h14,17H,4-12H2,1-3H3. The van der Waals surface area contributed by atoms with E-state index in [2.05, 4.69) is 37.1 Å². The Kier molecular flexibility index (Phi) is 6.67. The zero-order valence-corrected chi connectivity index (χ0v) is 12.3. The normalized spacial score (nSPS) is 23.8. The number of nitrogens with zero attached hydrogens (tertiary/aromatic N) is 2. The lowest BCUT2D eigenvalue weighted by Gasteiger charge is -2.28. The highest BCUT2D eigenvalue weighted by atomic mass is 15.2. The van der Waals surface area contributed by atoms with Crippen LogP contribution in [0.1, 0.15) is 59.3 Å². The predicted molar refractivity (Wildman–Crippen MR) is 76.4 cm³/mol. The summed E-state index contributed by atoms with van der Waals surface area (Å²) in [5.74, 6) is 0. The Bertz CT molecular complexity index is 271. The van der Waals surface area contributed by atoms with E-state index in [4.69, 9.17) is 0 Å². The topological polar surface area (TPSA) is 39.1 Å². The van der Waals surface area contributed by atoms with Crippen LogP contribution in [-0.2, 0) is 0 Å². The van der Waals surface area contributed by atoms with E-state index in [1.165, 1.54) is 19.4 Å². The largest absolute Gasteiger partial charge is 0.301 e. The molecule has 1 N–H and O–H groups in total. The summed E-state index contributed by atoms with van der Waals surface area (Å²) in [6.07, 6.45) is 6.77. The third-order valence-corrected chi connectivity index (χ3v) is 4.27. The molecule has 0 aromatic heterocycles. The van der Waals surface area contributed by atoms with Crippen LogP contribution in [0.5, 0.6) is 0 Å². The lowest BCUT2D eigenvalue weighted by molar-refractivity contribution is 0.248. The van der Waals surface area contributed by atoms with E-state index >= 15 is 0 Å². The number of likely N-dealkylation sites (tertiary alicyclic amines) is 1. The molecule has 3 nitrogen and oxygen atoms in total. The minimum absolute atomic E-state index is 0.293. The molecule has 1 saturated heterocycles. The summed E-state index contributed by atoms with van der Waals surface area (Å²) in [4.78, 5) is 2.57. The fourth-order valence-corrected chi connectivity index (χ4v) is 2.84. The van der Waals surface area contributed by atoms with Crippen LogP contribution in [0.15, 0.2) is 0 Å². The van der Waals surface area contributed by atoms with Gasteiger partial charge in [-0.25, -0.2) is 0 Å². The molecule has 0 amide bonds. The molecule has 1 aliphatic heterocycles. The van der Waals surface area contributed by atoms with Crippen LogP contribution >= 0.6 is 0 Å². The van der Waals surface area contributed by atoms with Gasteiger partial charge < -0.3 is 4.90 Å². The highest BCUT2D eigenvalue weighted by Crippen LogP contribution is 2.20. The molecule has 104 valence electrons. The third-order valence-electron chi connectivity index (χ3n) is 4.27. The van der Waals surface area contributed by atoms with Gasteiger partial charge >= 0.3 is 0 Å². The van der Waals surface area contributed by atoms with Gasteiger partial charge in [0.2, 0.25) is 0 Å². The van der Waals surface area contributed by atoms with Crippen molar-refractivity contribution in [2.75, 3.05) is 19.6 Å². The molecule has 18 heavy (non-hydrogen) atoms. The van der Waals surface area contributed by atoms with Gasteiger partial charge in [0.25, 0.3) is 0 Å². The highest BCUT2D eigenvalue weighted by Gasteiger charge is 2.27. The lowest BCUT2D eigenvalue weighted by atomic mass is 9.91. The van der Waals surface area contributed by atoms with E-state index in [1.54, 1.807) is 0 Å². The van der Waals surface area contributed by atoms with Crippen molar-refractivity contribution < 1.29 is 0 Å². The summed E-state index contributed by atoms with van der Waals surface area (Å²) in [6, 6.07) is 3.25. The van der Waals surface area contributed by atoms with Gasteiger partial charge in [0.1, 0.15) is 5.54 Å². The number of hydrogen-bond donors (Lipinski definition) is 1. The number of rotatable bonds is 8. The van der Waals surface area contributed by atoms with Crippen molar-refractivity contribution in [2.45, 2.75) is 70.9 Å². The first-order chi connectivity index (χ1) is 8.67. The van der Waals surface area contributed by atoms with Crippen LogP contribution < -0.4 is 5.32 Å². The summed E-state index contributed by atoms with van der Waals surface area (Å²) in [5, 5.41) is 12.9. The summed E-state index contributed by atoms with van der Waals surface area (Å²) in [6.45, 7) is 9.93. The van der Waals surface area contributed by atoms with E-state index < -0.39 is 0 Å². The van der Waals surface area contributed by atoms with Crippen LogP contribution in [0.3, 0.4) is 0 Å². The van der Waals surface area contributed by atoms with Gasteiger partial charge in [-0.15, -0.1) is 0 Å². The lowest BCUT2D eigenvalue weighted by Crippen LogP contribution is -2.44. The Morgan fingerprint density at radius 3 is 2.72 bits per heavy atom. The van der Waals surface area contributed by atoms with Crippen molar-refractivity contribution >= 4 is 0 Å². The minimum atomic E-state index is -0.293. The SMILES string of the molecule is CCCNC(C#N)(CC)CCCN1CCCC1C. The molecule has 0 aliphatic carbocycles. The van der Waals surface area contributed by atoms with Gasteiger partial charge in [-0.1, -0.05) is 13.8 Å². The fraction of sp³-hybridized carbons (Fsp3) is 0.933. The average Bonchev–Trinajstić information content (AvgIpc) is 2.80. The van der Waals surface area contributed by atoms with Crippen LogP contribution in [0.4, 0.5) is 0 Å². The van der Waals surface area contributed by atoms with Crippen molar-refractivity contribution in [3.05, 3.63) is 0 Å². The van der Waals surface area contributed by atoms with E-state index in [0.717, 1.165) is 44.8 Å². The zero-order valence-electron chi connectivity index (χ0n) is 12.3. The average molecular weight is 251 g/mol. The van der Waals surface area contributed by atoms with Crippen molar-refractivity contribution in [1.29, 1.82) is 5.26 Å². The quantitative estimate of drug-likeness (QED) is 0.721. The van der Waals surface area contributed by atoms with Crippen LogP contribution in [-0.4, -0.2) is 36.1 Å². The van der Waals surface area contributed by atoms with Crippen molar-refractivity contribution in [3.8, 4) is 6.07 Å². The molecule has 1 fully saturated rings. The van der Waals surface area contributed by atoms with Gasteiger partial charge in [-0.2, -0.15) is 5.26 Å². The first-order valence-electron chi connectivity index (χ1n) is 7.57. The molecular weight excluding hydrogens is 222 g/mol. The molecule has 1 heterocycles. The van der Waals surface area contributed by atoms with Gasteiger partial charge in [-0.05, 0) is 65.1 Å². The van der Waals surface area contributed by atoms with Gasteiger partial charge in [0, 0.05) is 6.04 Å². The smallest absolute Gasteiger partial charge is 0.106 e. The van der Waals surface area contributed by atoms with Crippen LogP contribution in [0.25, 0.3) is 0 Å². The van der Waals surface area contributed by atoms with Crippen molar-refractivity contribution in [1.82, 2.24) is 10.2 Å². The maximum Gasteiger partial charge on any atom is 0.106 e. The fourth-order valence-electron chi connectivity index (χ4n) is 2.84. The highest BCUT2D eigenvalue weighted by molar-refractivity contribution is 5.06. The monoisotopic (exact) mass is 251 g/mol. The van der Waals surface area contributed by atoms with Gasteiger partial charge in [0.15, 0.2) is 0 Å². The molecule has 0 aromatic rings. The first kappa shape index (κ1) is 15.5. The third kappa shape index (κ3) is 4.26. The predicted octanol–water partition coefficient (Wildman–Crippen LogP) is 2.92. The zero-order chi connectivity index (χ0) is 13.4. The molecule has 2 unspecified atom stereocenters. The second-order valence-corrected chi connectivity index (χ2v) is 5.61. The maximum absolute atomic E-state index is 9.42. The molecule has 0 aromatic carbocycles. The van der Waals surface area contributed by atoms with Gasteiger partial charge in [-0.3, -0.25) is 5.32 Å². The molecule has 3 heteroatoms. The van der Waals surface area contributed by atoms with Crippen LogP contribution in [0.2, 0.25) is 0 Å². The summed E-state index contributed by atoms with van der Waals surface area (Å²) in [5.41, 5.74) is -0.293. The molecule has 0 radical (unpaired) electrons. The first-order valence-corrected chi connectivity index (χ1v) is 7.57. The minimum Gasteiger partial charge on any atom is -0.301 e. The summed E-state index contributed by atoms with van der Waals surface area (Å²) in [7, 11) is 0. The maximum atomic E-state index is 9.42. The number of nitrogens with one attached hydrogen (secondary N) is 1. The Morgan fingerprint density at radius 2 is 2.22 bits per heavy atom. The number of hydrogen-bond acceptors (Lipinski definition) is 3. The van der Waals surface area contributed by atoms with Crippen LogP contribution in [0, 0.1) is 11.3 Å².